The third-order valence-electron chi connectivity index (χ3n) is 2.91. The first-order chi connectivity index (χ1) is 9.47. The Morgan fingerprint density at radius 2 is 1.90 bits per heavy atom. The maximum atomic E-state index is 11.6. The largest absolute Gasteiger partial charge is 0.463 e. The van der Waals surface area contributed by atoms with Gasteiger partial charge in [0.25, 0.3) is 0 Å². The number of rotatable bonds is 7. The first kappa shape index (κ1) is 16.0. The second kappa shape index (κ2) is 7.52. The van der Waals surface area contributed by atoms with Gasteiger partial charge in [-0.05, 0) is 12.8 Å². The lowest BCUT2D eigenvalue weighted by Crippen LogP contribution is -2.57. The Kier molecular flexibility index (Phi) is 6.02. The highest BCUT2D eigenvalue weighted by Gasteiger charge is 2.41. The van der Waals surface area contributed by atoms with E-state index in [0.717, 1.165) is 31.4 Å². The van der Waals surface area contributed by atoms with Crippen molar-refractivity contribution in [1.82, 2.24) is 5.32 Å². The van der Waals surface area contributed by atoms with Gasteiger partial charge in [0.2, 0.25) is 0 Å². The van der Waals surface area contributed by atoms with Gasteiger partial charge in [-0.1, -0.05) is 13.3 Å². The van der Waals surface area contributed by atoms with Crippen LogP contribution < -0.4 is 11.1 Å². The highest BCUT2D eigenvalue weighted by molar-refractivity contribution is 5.92. The molecule has 1 rings (SSSR count). The van der Waals surface area contributed by atoms with Gasteiger partial charge >= 0.3 is 18.0 Å². The van der Waals surface area contributed by atoms with Crippen molar-refractivity contribution in [3.63, 3.8) is 0 Å². The first-order valence-corrected chi connectivity index (χ1v) is 6.63. The molecule has 2 amide bonds. The fourth-order valence-corrected chi connectivity index (χ4v) is 1.70. The van der Waals surface area contributed by atoms with E-state index in [1.165, 1.54) is 0 Å². The fraction of sp³-hybridized carbons (Fsp3) is 0.615. The summed E-state index contributed by atoms with van der Waals surface area (Å²) in [6, 6.07) is -0.750. The molecule has 0 unspecified atom stereocenters. The number of hydrogen-bond donors (Lipinski definition) is 2. The van der Waals surface area contributed by atoms with Crippen LogP contribution in [0.4, 0.5) is 4.79 Å². The lowest BCUT2D eigenvalue weighted by molar-refractivity contribution is -0.166. The average molecular weight is 284 g/mol. The van der Waals surface area contributed by atoms with Gasteiger partial charge in [-0.2, -0.15) is 0 Å². The molecule has 0 spiro atoms. The van der Waals surface area contributed by atoms with Crippen LogP contribution in [-0.4, -0.2) is 30.3 Å². The Hall–Kier alpha value is -2.05. The number of nitrogens with two attached hydrogens (primary N) is 1. The summed E-state index contributed by atoms with van der Waals surface area (Å²) >= 11 is 0. The molecule has 1 aliphatic carbocycles. The van der Waals surface area contributed by atoms with Crippen molar-refractivity contribution in [2.45, 2.75) is 44.8 Å². The predicted octanol–water partition coefficient (Wildman–Crippen LogP) is 0.978. The predicted molar refractivity (Wildman–Crippen MR) is 70.4 cm³/mol. The fourth-order valence-electron chi connectivity index (χ4n) is 1.70. The highest BCUT2D eigenvalue weighted by atomic mass is 16.6. The van der Waals surface area contributed by atoms with Gasteiger partial charge in [-0.25, -0.2) is 14.4 Å². The SMILES string of the molecule is CCCCOC(=O)/C=C/C(=O)OC1(NC(N)=O)CCC1. The van der Waals surface area contributed by atoms with Crippen LogP contribution >= 0.6 is 0 Å². The van der Waals surface area contributed by atoms with E-state index in [9.17, 15) is 14.4 Å². The second-order valence-corrected chi connectivity index (χ2v) is 4.61. The van der Waals surface area contributed by atoms with E-state index < -0.39 is 23.7 Å². The first-order valence-electron chi connectivity index (χ1n) is 6.63. The Labute approximate surface area is 117 Å². The molecule has 0 bridgehead atoms. The van der Waals surface area contributed by atoms with Crippen molar-refractivity contribution in [1.29, 1.82) is 0 Å². The summed E-state index contributed by atoms with van der Waals surface area (Å²) in [6.07, 6.45) is 5.53. The standard InChI is InChI=1S/C13H20N2O5/c1-2-3-9-19-10(16)5-6-11(17)20-13(7-4-8-13)15-12(14)18/h5-6H,2-4,7-9H2,1H3,(H3,14,15,18)/b6-5+. The van der Waals surface area contributed by atoms with Crippen molar-refractivity contribution in [2.75, 3.05) is 6.61 Å². The van der Waals surface area contributed by atoms with E-state index in [2.05, 4.69) is 5.32 Å². The maximum absolute atomic E-state index is 11.6. The van der Waals surface area contributed by atoms with Crippen molar-refractivity contribution in [3.8, 4) is 0 Å². The molecule has 112 valence electrons. The Bertz CT molecular complexity index is 402. The summed E-state index contributed by atoms with van der Waals surface area (Å²) in [5.74, 6) is -1.31. The Morgan fingerprint density at radius 3 is 2.40 bits per heavy atom. The van der Waals surface area contributed by atoms with E-state index in [1.807, 2.05) is 6.92 Å². The Morgan fingerprint density at radius 1 is 1.25 bits per heavy atom. The number of amides is 2. The number of ether oxygens (including phenoxy) is 2. The highest BCUT2D eigenvalue weighted by Crippen LogP contribution is 2.33. The molecule has 0 aromatic heterocycles. The van der Waals surface area contributed by atoms with E-state index >= 15 is 0 Å². The number of unbranched alkanes of at least 4 members (excludes halogenated alkanes) is 1. The smallest absolute Gasteiger partial charge is 0.333 e. The molecular weight excluding hydrogens is 264 g/mol. The van der Waals surface area contributed by atoms with Gasteiger partial charge in [-0.3, -0.25) is 0 Å². The van der Waals surface area contributed by atoms with Crippen molar-refractivity contribution < 1.29 is 23.9 Å². The summed E-state index contributed by atoms with van der Waals surface area (Å²) in [4.78, 5) is 33.6. The molecule has 0 aromatic carbocycles. The topological polar surface area (TPSA) is 108 Å². The number of nitrogens with one attached hydrogen (secondary N) is 1. The zero-order chi connectivity index (χ0) is 15.0. The number of hydrogen-bond acceptors (Lipinski definition) is 5. The summed E-state index contributed by atoms with van der Waals surface area (Å²) in [5.41, 5.74) is 3.99. The zero-order valence-corrected chi connectivity index (χ0v) is 11.5. The normalized spacial score (nSPS) is 16.2. The minimum Gasteiger partial charge on any atom is -0.463 e. The van der Waals surface area contributed by atoms with E-state index in [-0.39, 0.29) is 0 Å². The molecule has 1 aliphatic rings. The molecule has 0 aromatic rings. The molecule has 1 fully saturated rings. The van der Waals surface area contributed by atoms with Crippen LogP contribution in [0.3, 0.4) is 0 Å². The molecular formula is C13H20N2O5. The van der Waals surface area contributed by atoms with Crippen LogP contribution in [0.2, 0.25) is 0 Å². The van der Waals surface area contributed by atoms with E-state index in [4.69, 9.17) is 15.2 Å². The lowest BCUT2D eigenvalue weighted by Gasteiger charge is -2.40. The number of carbonyl (C=O) groups excluding carboxylic acids is 3. The molecule has 7 heteroatoms. The zero-order valence-electron chi connectivity index (χ0n) is 11.5. The number of urea groups is 1. The molecule has 7 nitrogen and oxygen atoms in total. The van der Waals surface area contributed by atoms with Gasteiger partial charge in [-0.15, -0.1) is 0 Å². The Balaban J connectivity index is 2.38. The lowest BCUT2D eigenvalue weighted by atomic mass is 9.88. The van der Waals surface area contributed by atoms with Gasteiger partial charge in [0.15, 0.2) is 5.72 Å². The molecule has 20 heavy (non-hydrogen) atoms. The van der Waals surface area contributed by atoms with Gasteiger partial charge < -0.3 is 20.5 Å². The van der Waals surface area contributed by atoms with Gasteiger partial charge in [0, 0.05) is 25.0 Å². The quantitative estimate of drug-likeness (QED) is 0.313. The van der Waals surface area contributed by atoms with Crippen molar-refractivity contribution >= 4 is 18.0 Å². The summed E-state index contributed by atoms with van der Waals surface area (Å²) < 4.78 is 9.96. The summed E-state index contributed by atoms with van der Waals surface area (Å²) in [6.45, 7) is 2.30. The van der Waals surface area contributed by atoms with Crippen molar-refractivity contribution in [2.24, 2.45) is 5.73 Å². The van der Waals surface area contributed by atoms with E-state index in [1.54, 1.807) is 0 Å². The summed E-state index contributed by atoms with van der Waals surface area (Å²) in [7, 11) is 0. The third kappa shape index (κ3) is 5.29. The maximum Gasteiger partial charge on any atom is 0.333 e. The van der Waals surface area contributed by atoms with Crippen LogP contribution in [0, 0.1) is 0 Å². The van der Waals surface area contributed by atoms with Crippen molar-refractivity contribution in [3.05, 3.63) is 12.2 Å². The molecule has 0 saturated heterocycles. The number of primary amides is 1. The molecule has 0 radical (unpaired) electrons. The van der Waals surface area contributed by atoms with Gasteiger partial charge in [0.05, 0.1) is 6.61 Å². The van der Waals surface area contributed by atoms with Crippen LogP contribution in [0.15, 0.2) is 12.2 Å². The van der Waals surface area contributed by atoms with Crippen LogP contribution in [0.1, 0.15) is 39.0 Å². The number of carbonyl (C=O) groups is 3. The molecule has 0 heterocycles. The van der Waals surface area contributed by atoms with Gasteiger partial charge in [0.1, 0.15) is 0 Å². The second-order valence-electron chi connectivity index (χ2n) is 4.61. The minimum atomic E-state index is -1.03. The van der Waals surface area contributed by atoms with E-state index in [0.29, 0.717) is 19.4 Å². The summed E-state index contributed by atoms with van der Waals surface area (Å²) in [5, 5.41) is 2.40. The monoisotopic (exact) mass is 284 g/mol. The van der Waals surface area contributed by atoms with Crippen LogP contribution in [-0.2, 0) is 19.1 Å². The van der Waals surface area contributed by atoms with Crippen LogP contribution in [0.25, 0.3) is 0 Å². The molecule has 1 saturated carbocycles. The molecule has 0 aliphatic heterocycles. The molecule has 0 atom stereocenters. The third-order valence-corrected chi connectivity index (χ3v) is 2.91. The van der Waals surface area contributed by atoms with Crippen LogP contribution in [0.5, 0.6) is 0 Å². The minimum absolute atomic E-state index is 0.321. The number of esters is 2. The average Bonchev–Trinajstić information content (AvgIpc) is 2.33. The molecule has 3 N–H and O–H groups in total.